The molecule has 0 spiro atoms. The van der Waals surface area contributed by atoms with Crippen molar-refractivity contribution in [1.29, 1.82) is 0 Å². The summed E-state index contributed by atoms with van der Waals surface area (Å²) in [5.41, 5.74) is 5.27. The van der Waals surface area contributed by atoms with Gasteiger partial charge in [-0.05, 0) is 23.8 Å². The number of rotatable bonds is 6. The van der Waals surface area contributed by atoms with Crippen LogP contribution in [0.2, 0.25) is 0 Å². The van der Waals surface area contributed by atoms with Gasteiger partial charge < -0.3 is 10.1 Å². The van der Waals surface area contributed by atoms with E-state index in [0.717, 1.165) is 0 Å². The lowest BCUT2D eigenvalue weighted by Gasteiger charge is -2.10. The standard InChI is InChI=1S/C20H19N3O5/c1-14(24)21-17(12-15-8-4-2-5-9-15)20(27)28-13-18(25)22-23-19(26)16-10-6-3-7-11-16/h2-12H,13H2,1H3,(H,21,24)(H,22,25)(H,23,26)/b17-12-. The van der Waals surface area contributed by atoms with E-state index in [1.54, 1.807) is 54.6 Å². The molecule has 0 bridgehead atoms. The van der Waals surface area contributed by atoms with Gasteiger partial charge in [-0.3, -0.25) is 25.2 Å². The maximum Gasteiger partial charge on any atom is 0.355 e. The molecule has 0 saturated carbocycles. The Morgan fingerprint density at radius 2 is 1.50 bits per heavy atom. The summed E-state index contributed by atoms with van der Waals surface area (Å²) < 4.78 is 4.89. The highest BCUT2D eigenvalue weighted by atomic mass is 16.5. The largest absolute Gasteiger partial charge is 0.451 e. The molecule has 2 aromatic rings. The predicted molar refractivity (Wildman–Crippen MR) is 101 cm³/mol. The SMILES string of the molecule is CC(=O)N/C(=C\c1ccccc1)C(=O)OCC(=O)NNC(=O)c1ccccc1. The number of ether oxygens (including phenoxy) is 1. The van der Waals surface area contributed by atoms with E-state index in [-0.39, 0.29) is 5.70 Å². The van der Waals surface area contributed by atoms with Crippen LogP contribution in [-0.4, -0.2) is 30.3 Å². The van der Waals surface area contributed by atoms with Crippen molar-refractivity contribution in [1.82, 2.24) is 16.2 Å². The second-order valence-electron chi connectivity index (χ2n) is 5.59. The molecule has 0 aliphatic heterocycles. The summed E-state index contributed by atoms with van der Waals surface area (Å²) in [4.78, 5) is 47.1. The molecule has 8 nitrogen and oxygen atoms in total. The fourth-order valence-corrected chi connectivity index (χ4v) is 2.08. The van der Waals surface area contributed by atoms with Crippen LogP contribution in [-0.2, 0) is 19.1 Å². The predicted octanol–water partition coefficient (Wildman–Crippen LogP) is 1.17. The van der Waals surface area contributed by atoms with Crippen LogP contribution in [0.1, 0.15) is 22.8 Å². The molecule has 3 N–H and O–H groups in total. The van der Waals surface area contributed by atoms with Crippen LogP contribution in [0.5, 0.6) is 0 Å². The van der Waals surface area contributed by atoms with Gasteiger partial charge in [0.15, 0.2) is 6.61 Å². The fourth-order valence-electron chi connectivity index (χ4n) is 2.08. The van der Waals surface area contributed by atoms with Crippen molar-refractivity contribution in [3.8, 4) is 0 Å². The third-order valence-electron chi connectivity index (χ3n) is 3.33. The van der Waals surface area contributed by atoms with Crippen LogP contribution < -0.4 is 16.2 Å². The molecule has 0 aliphatic carbocycles. The Labute approximate surface area is 161 Å². The minimum Gasteiger partial charge on any atom is -0.451 e. The highest BCUT2D eigenvalue weighted by molar-refractivity contribution is 5.99. The number of nitrogens with one attached hydrogen (secondary N) is 3. The lowest BCUT2D eigenvalue weighted by Crippen LogP contribution is -2.43. The molecule has 0 radical (unpaired) electrons. The van der Waals surface area contributed by atoms with Gasteiger partial charge in [0.05, 0.1) is 0 Å². The van der Waals surface area contributed by atoms with Gasteiger partial charge in [-0.15, -0.1) is 0 Å². The molecule has 3 amide bonds. The van der Waals surface area contributed by atoms with Gasteiger partial charge in [0.1, 0.15) is 5.70 Å². The number of hydrogen-bond donors (Lipinski definition) is 3. The van der Waals surface area contributed by atoms with E-state index < -0.39 is 30.3 Å². The monoisotopic (exact) mass is 381 g/mol. The topological polar surface area (TPSA) is 114 Å². The molecule has 0 unspecified atom stereocenters. The van der Waals surface area contributed by atoms with Gasteiger partial charge >= 0.3 is 5.97 Å². The number of hydrazine groups is 1. The summed E-state index contributed by atoms with van der Waals surface area (Å²) in [5.74, 6) is -2.59. The molecule has 0 heterocycles. The van der Waals surface area contributed by atoms with Crippen LogP contribution in [0, 0.1) is 0 Å². The lowest BCUT2D eigenvalue weighted by molar-refractivity contribution is -0.145. The van der Waals surface area contributed by atoms with Crippen molar-refractivity contribution in [2.75, 3.05) is 6.61 Å². The summed E-state index contributed by atoms with van der Waals surface area (Å²) in [6.45, 7) is 0.609. The summed E-state index contributed by atoms with van der Waals surface area (Å²) in [5, 5.41) is 2.37. The second-order valence-corrected chi connectivity index (χ2v) is 5.59. The smallest absolute Gasteiger partial charge is 0.355 e. The number of hydrogen-bond acceptors (Lipinski definition) is 5. The molecule has 2 rings (SSSR count). The number of amides is 3. The van der Waals surface area contributed by atoms with Gasteiger partial charge in [0.25, 0.3) is 11.8 Å². The van der Waals surface area contributed by atoms with Crippen molar-refractivity contribution in [2.24, 2.45) is 0 Å². The van der Waals surface area contributed by atoms with Crippen molar-refractivity contribution >= 4 is 29.8 Å². The number of carbonyl (C=O) groups is 4. The highest BCUT2D eigenvalue weighted by Crippen LogP contribution is 2.06. The first-order valence-electron chi connectivity index (χ1n) is 8.31. The molecule has 0 fully saturated rings. The molecule has 0 atom stereocenters. The Hall–Kier alpha value is -3.94. The summed E-state index contributed by atoms with van der Waals surface area (Å²) >= 11 is 0. The van der Waals surface area contributed by atoms with Gasteiger partial charge in [-0.1, -0.05) is 48.5 Å². The van der Waals surface area contributed by atoms with Crippen LogP contribution in [0.3, 0.4) is 0 Å². The molecular formula is C20H19N3O5. The normalized spacial score (nSPS) is 10.5. The molecular weight excluding hydrogens is 362 g/mol. The van der Waals surface area contributed by atoms with Crippen LogP contribution >= 0.6 is 0 Å². The van der Waals surface area contributed by atoms with Crippen molar-refractivity contribution < 1.29 is 23.9 Å². The first-order valence-corrected chi connectivity index (χ1v) is 8.31. The number of carbonyl (C=O) groups excluding carboxylic acids is 4. The Bertz CT molecular complexity index is 879. The van der Waals surface area contributed by atoms with E-state index in [1.807, 2.05) is 6.07 Å². The van der Waals surface area contributed by atoms with Crippen molar-refractivity contribution in [3.05, 3.63) is 77.5 Å². The average molecular weight is 381 g/mol. The molecule has 144 valence electrons. The van der Waals surface area contributed by atoms with E-state index in [9.17, 15) is 19.2 Å². The zero-order valence-electron chi connectivity index (χ0n) is 15.1. The third kappa shape index (κ3) is 6.75. The van der Waals surface area contributed by atoms with Gasteiger partial charge in [-0.2, -0.15) is 0 Å². The van der Waals surface area contributed by atoms with E-state index in [0.29, 0.717) is 11.1 Å². The summed E-state index contributed by atoms with van der Waals surface area (Å²) in [6.07, 6.45) is 1.43. The Balaban J connectivity index is 1.89. The first-order chi connectivity index (χ1) is 13.5. The zero-order valence-corrected chi connectivity index (χ0v) is 15.1. The lowest BCUT2D eigenvalue weighted by atomic mass is 10.2. The van der Waals surface area contributed by atoms with E-state index in [4.69, 9.17) is 4.74 Å². The summed E-state index contributed by atoms with van der Waals surface area (Å²) in [6, 6.07) is 17.1. The molecule has 0 saturated heterocycles. The Kier molecular flexibility index (Phi) is 7.47. The maximum atomic E-state index is 12.2. The van der Waals surface area contributed by atoms with E-state index >= 15 is 0 Å². The van der Waals surface area contributed by atoms with E-state index in [1.165, 1.54) is 13.0 Å². The molecule has 8 heteroatoms. The molecule has 2 aromatic carbocycles. The Morgan fingerprint density at radius 1 is 0.893 bits per heavy atom. The van der Waals surface area contributed by atoms with Crippen LogP contribution in [0.4, 0.5) is 0 Å². The second kappa shape index (κ2) is 10.3. The number of esters is 1. The van der Waals surface area contributed by atoms with Crippen LogP contribution in [0.25, 0.3) is 6.08 Å². The summed E-state index contributed by atoms with van der Waals surface area (Å²) in [7, 11) is 0. The Morgan fingerprint density at radius 3 is 2.11 bits per heavy atom. The molecule has 0 aromatic heterocycles. The first kappa shape index (κ1) is 20.4. The highest BCUT2D eigenvalue weighted by Gasteiger charge is 2.15. The van der Waals surface area contributed by atoms with Crippen molar-refractivity contribution in [3.63, 3.8) is 0 Å². The minimum absolute atomic E-state index is 0.111. The third-order valence-corrected chi connectivity index (χ3v) is 3.33. The number of benzene rings is 2. The van der Waals surface area contributed by atoms with Gasteiger partial charge in [0.2, 0.25) is 5.91 Å². The minimum atomic E-state index is -0.886. The maximum absolute atomic E-state index is 12.2. The average Bonchev–Trinajstić information content (AvgIpc) is 2.70. The van der Waals surface area contributed by atoms with E-state index in [2.05, 4.69) is 16.2 Å². The quantitative estimate of drug-likeness (QED) is 0.395. The van der Waals surface area contributed by atoms with Gasteiger partial charge in [-0.25, -0.2) is 4.79 Å². The van der Waals surface area contributed by atoms with Gasteiger partial charge in [0, 0.05) is 12.5 Å². The fraction of sp³-hybridized carbons (Fsp3) is 0.100. The molecule has 28 heavy (non-hydrogen) atoms. The van der Waals surface area contributed by atoms with Crippen molar-refractivity contribution in [2.45, 2.75) is 6.92 Å². The zero-order chi connectivity index (χ0) is 20.4. The van der Waals surface area contributed by atoms with Crippen LogP contribution in [0.15, 0.2) is 66.4 Å². The molecule has 0 aliphatic rings.